The van der Waals surface area contributed by atoms with Gasteiger partial charge < -0.3 is 4.57 Å². The first-order chi connectivity index (χ1) is 28.7. The van der Waals surface area contributed by atoms with Gasteiger partial charge in [0.2, 0.25) is 0 Å². The van der Waals surface area contributed by atoms with Crippen LogP contribution in [-0.4, -0.2) is 14.5 Å². The predicted octanol–water partition coefficient (Wildman–Crippen LogP) is 12.8. The number of aromatic nitrogens is 3. The van der Waals surface area contributed by atoms with Crippen LogP contribution in [0, 0.1) is 11.3 Å². The SMILES string of the molecule is N#Cc1cccc(-c2cc(-c3ccccc3)nc(-c3cccc(-n4c5ccccc5c5c6c(ccc54)C(c4ccccc4)(c4ccccc4)c4ccccc4-6)c3)n2)c1. The van der Waals surface area contributed by atoms with Gasteiger partial charge in [-0.05, 0) is 75.8 Å². The highest BCUT2D eigenvalue weighted by Crippen LogP contribution is 2.58. The standard InChI is InChI=1S/C54H34N4/c55-35-36-16-14-19-38(32-36)48-34-47(37-17-4-1-5-18-37)56-53(57-48)39-20-15-25-42(33-39)58-49-29-13-11-27-44(49)52-50(58)31-30-46-51(52)43-26-10-12-28-45(43)54(46,40-21-6-2-7-22-40)41-23-8-3-9-24-41/h1-34H. The molecular weight excluding hydrogens is 705 g/mol. The Kier molecular flexibility index (Phi) is 7.74. The molecule has 270 valence electrons. The molecule has 0 saturated heterocycles. The second-order valence-electron chi connectivity index (χ2n) is 14.8. The Balaban J connectivity index is 1.15. The number of hydrogen-bond donors (Lipinski definition) is 0. The van der Waals surface area contributed by atoms with Crippen LogP contribution in [0.4, 0.5) is 0 Å². The summed E-state index contributed by atoms with van der Waals surface area (Å²) in [4.78, 5) is 10.3. The van der Waals surface area contributed by atoms with Crippen molar-refractivity contribution in [1.29, 1.82) is 5.26 Å². The van der Waals surface area contributed by atoms with Gasteiger partial charge in [-0.2, -0.15) is 5.26 Å². The summed E-state index contributed by atoms with van der Waals surface area (Å²) < 4.78 is 2.39. The molecule has 58 heavy (non-hydrogen) atoms. The van der Waals surface area contributed by atoms with E-state index in [-0.39, 0.29) is 0 Å². The molecule has 0 spiro atoms. The van der Waals surface area contributed by atoms with E-state index in [2.05, 4.69) is 168 Å². The number of hydrogen-bond acceptors (Lipinski definition) is 3. The molecule has 1 aliphatic carbocycles. The van der Waals surface area contributed by atoms with Gasteiger partial charge in [0.25, 0.3) is 0 Å². The normalized spacial score (nSPS) is 12.6. The highest BCUT2D eigenvalue weighted by atomic mass is 15.0. The largest absolute Gasteiger partial charge is 0.309 e. The third-order valence-electron chi connectivity index (χ3n) is 11.7. The zero-order valence-corrected chi connectivity index (χ0v) is 31.4. The van der Waals surface area contributed by atoms with Crippen LogP contribution in [0.25, 0.3) is 72.5 Å². The van der Waals surface area contributed by atoms with Gasteiger partial charge >= 0.3 is 0 Å². The van der Waals surface area contributed by atoms with Gasteiger partial charge in [-0.3, -0.25) is 0 Å². The van der Waals surface area contributed by atoms with Crippen LogP contribution in [-0.2, 0) is 5.41 Å². The zero-order valence-electron chi connectivity index (χ0n) is 31.4. The molecule has 0 bridgehead atoms. The van der Waals surface area contributed by atoms with Crippen molar-refractivity contribution in [1.82, 2.24) is 14.5 Å². The van der Waals surface area contributed by atoms with Gasteiger partial charge in [0.1, 0.15) is 0 Å². The molecule has 0 unspecified atom stereocenters. The van der Waals surface area contributed by atoms with Crippen molar-refractivity contribution in [3.63, 3.8) is 0 Å². The maximum Gasteiger partial charge on any atom is 0.160 e. The molecule has 0 fully saturated rings. The summed E-state index contributed by atoms with van der Waals surface area (Å²) in [6.07, 6.45) is 0. The number of para-hydroxylation sites is 1. The summed E-state index contributed by atoms with van der Waals surface area (Å²) in [7, 11) is 0. The summed E-state index contributed by atoms with van der Waals surface area (Å²) in [5.41, 5.74) is 15.3. The minimum atomic E-state index is -0.489. The smallest absolute Gasteiger partial charge is 0.160 e. The Morgan fingerprint density at radius 1 is 0.466 bits per heavy atom. The second kappa shape index (κ2) is 13.4. The first-order valence-corrected chi connectivity index (χ1v) is 19.6. The Morgan fingerprint density at radius 2 is 1.09 bits per heavy atom. The van der Waals surface area contributed by atoms with Crippen LogP contribution >= 0.6 is 0 Å². The van der Waals surface area contributed by atoms with E-state index < -0.39 is 5.41 Å². The average Bonchev–Trinajstić information content (AvgIpc) is 3.81. The van der Waals surface area contributed by atoms with E-state index in [4.69, 9.17) is 9.97 Å². The van der Waals surface area contributed by atoms with E-state index in [1.54, 1.807) is 0 Å². The van der Waals surface area contributed by atoms with Gasteiger partial charge in [-0.1, -0.05) is 164 Å². The molecule has 8 aromatic carbocycles. The van der Waals surface area contributed by atoms with Crippen molar-refractivity contribution in [2.75, 3.05) is 0 Å². The van der Waals surface area contributed by atoms with E-state index in [1.807, 2.05) is 48.5 Å². The van der Waals surface area contributed by atoms with Crippen LogP contribution in [0.1, 0.15) is 27.8 Å². The number of rotatable bonds is 6. The fraction of sp³-hybridized carbons (Fsp3) is 0.0185. The zero-order chi connectivity index (χ0) is 38.6. The number of fused-ring (bicyclic) bond motifs is 7. The maximum absolute atomic E-state index is 9.69. The van der Waals surface area contributed by atoms with Gasteiger partial charge in [0, 0.05) is 33.2 Å². The van der Waals surface area contributed by atoms with Gasteiger partial charge in [0.15, 0.2) is 5.82 Å². The summed E-state index contributed by atoms with van der Waals surface area (Å²) in [5.74, 6) is 0.617. The van der Waals surface area contributed by atoms with E-state index in [0.717, 1.165) is 44.8 Å². The molecule has 0 saturated carbocycles. The molecule has 10 aromatic rings. The number of nitrogens with zero attached hydrogens (tertiary/aromatic N) is 4. The lowest BCUT2D eigenvalue weighted by molar-refractivity contribution is 0.769. The van der Waals surface area contributed by atoms with Gasteiger partial charge in [-0.15, -0.1) is 0 Å². The number of benzene rings is 8. The van der Waals surface area contributed by atoms with Gasteiger partial charge in [0.05, 0.1) is 39.5 Å². The van der Waals surface area contributed by atoms with Crippen molar-refractivity contribution in [3.8, 4) is 56.8 Å². The van der Waals surface area contributed by atoms with Crippen molar-refractivity contribution < 1.29 is 0 Å². The lowest BCUT2D eigenvalue weighted by Crippen LogP contribution is -2.28. The van der Waals surface area contributed by atoms with Crippen molar-refractivity contribution in [3.05, 3.63) is 234 Å². The molecule has 0 N–H and O–H groups in total. The Bertz CT molecular complexity index is 3190. The summed E-state index contributed by atoms with van der Waals surface area (Å²) in [6.45, 7) is 0. The first kappa shape index (κ1) is 33.5. The molecule has 0 atom stereocenters. The molecule has 11 rings (SSSR count). The summed E-state index contributed by atoms with van der Waals surface area (Å²) in [6, 6.07) is 75.0. The predicted molar refractivity (Wildman–Crippen MR) is 235 cm³/mol. The van der Waals surface area contributed by atoms with Crippen molar-refractivity contribution >= 4 is 21.8 Å². The Hall–Kier alpha value is -7.87. The first-order valence-electron chi connectivity index (χ1n) is 19.6. The quantitative estimate of drug-likeness (QED) is 0.171. The molecule has 4 heteroatoms. The summed E-state index contributed by atoms with van der Waals surface area (Å²) in [5, 5.41) is 12.1. The summed E-state index contributed by atoms with van der Waals surface area (Å²) >= 11 is 0. The topological polar surface area (TPSA) is 54.5 Å². The fourth-order valence-corrected chi connectivity index (χ4v) is 9.28. The third kappa shape index (κ3) is 5.08. The van der Waals surface area contributed by atoms with Crippen molar-refractivity contribution in [2.24, 2.45) is 0 Å². The molecule has 4 nitrogen and oxygen atoms in total. The van der Waals surface area contributed by atoms with E-state index in [9.17, 15) is 5.26 Å². The minimum Gasteiger partial charge on any atom is -0.309 e. The van der Waals surface area contributed by atoms with E-state index >= 15 is 0 Å². The monoisotopic (exact) mass is 738 g/mol. The van der Waals surface area contributed by atoms with Crippen molar-refractivity contribution in [2.45, 2.75) is 5.41 Å². The van der Waals surface area contributed by atoms with Crippen LogP contribution in [0.2, 0.25) is 0 Å². The average molecular weight is 739 g/mol. The molecule has 2 aromatic heterocycles. The van der Waals surface area contributed by atoms with Crippen LogP contribution in [0.3, 0.4) is 0 Å². The lowest BCUT2D eigenvalue weighted by atomic mass is 9.67. The molecule has 0 radical (unpaired) electrons. The maximum atomic E-state index is 9.69. The van der Waals surface area contributed by atoms with Crippen LogP contribution in [0.15, 0.2) is 206 Å². The highest BCUT2D eigenvalue weighted by molar-refractivity contribution is 6.18. The van der Waals surface area contributed by atoms with Crippen LogP contribution < -0.4 is 0 Å². The van der Waals surface area contributed by atoms with E-state index in [1.165, 1.54) is 44.2 Å². The second-order valence-corrected chi connectivity index (χ2v) is 14.8. The molecular formula is C54H34N4. The van der Waals surface area contributed by atoms with E-state index in [0.29, 0.717) is 11.4 Å². The number of nitriles is 1. The highest BCUT2D eigenvalue weighted by Gasteiger charge is 2.47. The molecule has 1 aliphatic rings. The third-order valence-corrected chi connectivity index (χ3v) is 11.7. The Morgan fingerprint density at radius 3 is 1.84 bits per heavy atom. The minimum absolute atomic E-state index is 0.489. The van der Waals surface area contributed by atoms with Crippen LogP contribution in [0.5, 0.6) is 0 Å². The Labute approximate surface area is 336 Å². The molecule has 2 heterocycles. The van der Waals surface area contributed by atoms with Gasteiger partial charge in [-0.25, -0.2) is 9.97 Å². The molecule has 0 amide bonds. The molecule has 0 aliphatic heterocycles. The lowest BCUT2D eigenvalue weighted by Gasteiger charge is -2.33. The fourth-order valence-electron chi connectivity index (χ4n) is 9.28.